The zero-order valence-electron chi connectivity index (χ0n) is 17.2. The van der Waals surface area contributed by atoms with Crippen LogP contribution in [0.4, 0.5) is 5.69 Å². The van der Waals surface area contributed by atoms with Crippen LogP contribution in [0.2, 0.25) is 5.02 Å². The summed E-state index contributed by atoms with van der Waals surface area (Å²) in [6.45, 7) is 2.15. The number of rotatable bonds is 7. The predicted octanol–water partition coefficient (Wildman–Crippen LogP) is 5.78. The van der Waals surface area contributed by atoms with Gasteiger partial charge in [-0.3, -0.25) is 4.79 Å². The summed E-state index contributed by atoms with van der Waals surface area (Å²) >= 11 is 6.21. The molecule has 0 aliphatic rings. The summed E-state index contributed by atoms with van der Waals surface area (Å²) in [6, 6.07) is 21.9. The van der Waals surface area contributed by atoms with Gasteiger partial charge in [-0.25, -0.2) is 0 Å². The Balaban J connectivity index is 1.87. The van der Waals surface area contributed by atoms with Crippen molar-refractivity contribution in [1.82, 2.24) is 0 Å². The van der Waals surface area contributed by atoms with Crippen molar-refractivity contribution in [3.05, 3.63) is 94.0 Å². The van der Waals surface area contributed by atoms with Gasteiger partial charge in [-0.1, -0.05) is 41.9 Å². The SMILES string of the molecule is COc1ccc(/C=C(\C#N)C(=O)Nc2cccc(C)c2)c(OCc2ccccc2Cl)c1. The lowest BCUT2D eigenvalue weighted by molar-refractivity contribution is -0.112. The Morgan fingerprint density at radius 2 is 1.94 bits per heavy atom. The second-order valence-corrected chi connectivity index (χ2v) is 7.18. The van der Waals surface area contributed by atoms with E-state index in [1.54, 1.807) is 37.4 Å². The Morgan fingerprint density at radius 3 is 2.65 bits per heavy atom. The first-order chi connectivity index (χ1) is 15.0. The van der Waals surface area contributed by atoms with Crippen LogP contribution in [0, 0.1) is 18.3 Å². The molecule has 0 aliphatic carbocycles. The highest BCUT2D eigenvalue weighted by molar-refractivity contribution is 6.31. The highest BCUT2D eigenvalue weighted by Gasteiger charge is 2.13. The number of aryl methyl sites for hydroxylation is 1. The first-order valence-corrected chi connectivity index (χ1v) is 9.92. The van der Waals surface area contributed by atoms with Gasteiger partial charge in [-0.15, -0.1) is 0 Å². The zero-order valence-corrected chi connectivity index (χ0v) is 17.9. The van der Waals surface area contributed by atoms with Crippen LogP contribution in [0.25, 0.3) is 6.08 Å². The average molecular weight is 433 g/mol. The largest absolute Gasteiger partial charge is 0.497 e. The lowest BCUT2D eigenvalue weighted by Crippen LogP contribution is -2.13. The molecule has 156 valence electrons. The van der Waals surface area contributed by atoms with E-state index in [1.807, 2.05) is 49.4 Å². The van der Waals surface area contributed by atoms with Crippen molar-refractivity contribution in [3.63, 3.8) is 0 Å². The third kappa shape index (κ3) is 5.88. The maximum Gasteiger partial charge on any atom is 0.266 e. The Morgan fingerprint density at radius 1 is 1.13 bits per heavy atom. The first kappa shape index (κ1) is 21.9. The molecule has 31 heavy (non-hydrogen) atoms. The Kier molecular flexibility index (Phi) is 7.31. The van der Waals surface area contributed by atoms with Crippen LogP contribution in [0.1, 0.15) is 16.7 Å². The number of nitrogens with one attached hydrogen (secondary N) is 1. The molecule has 1 amide bonds. The van der Waals surface area contributed by atoms with Crippen LogP contribution >= 0.6 is 11.6 Å². The molecule has 0 saturated carbocycles. The number of carbonyl (C=O) groups is 1. The number of ether oxygens (including phenoxy) is 2. The summed E-state index contributed by atoms with van der Waals surface area (Å²) in [5, 5.41) is 12.9. The van der Waals surface area contributed by atoms with Crippen molar-refractivity contribution < 1.29 is 14.3 Å². The lowest BCUT2D eigenvalue weighted by atomic mass is 10.1. The molecule has 3 aromatic carbocycles. The zero-order chi connectivity index (χ0) is 22.2. The second-order valence-electron chi connectivity index (χ2n) is 6.78. The molecule has 3 rings (SSSR count). The number of halogens is 1. The highest BCUT2D eigenvalue weighted by Crippen LogP contribution is 2.29. The number of nitrogens with zero attached hydrogens (tertiary/aromatic N) is 1. The summed E-state index contributed by atoms with van der Waals surface area (Å²) in [7, 11) is 1.55. The van der Waals surface area contributed by atoms with Crippen LogP contribution < -0.4 is 14.8 Å². The number of anilines is 1. The second kappa shape index (κ2) is 10.3. The van der Waals surface area contributed by atoms with E-state index in [2.05, 4.69) is 5.32 Å². The van der Waals surface area contributed by atoms with Crippen LogP contribution in [0.15, 0.2) is 72.3 Å². The molecular weight excluding hydrogens is 412 g/mol. The van der Waals surface area contributed by atoms with Gasteiger partial charge < -0.3 is 14.8 Å². The van der Waals surface area contributed by atoms with E-state index >= 15 is 0 Å². The Bertz CT molecular complexity index is 1170. The molecule has 6 heteroatoms. The van der Waals surface area contributed by atoms with Gasteiger partial charge in [0.2, 0.25) is 0 Å². The summed E-state index contributed by atoms with van der Waals surface area (Å²) < 4.78 is 11.2. The summed E-state index contributed by atoms with van der Waals surface area (Å²) in [4.78, 5) is 12.6. The number of carbonyl (C=O) groups excluding carboxylic acids is 1. The topological polar surface area (TPSA) is 71.3 Å². The molecule has 5 nitrogen and oxygen atoms in total. The number of methoxy groups -OCH3 is 1. The Labute approximate surface area is 186 Å². The van der Waals surface area contributed by atoms with Crippen LogP contribution in [0.5, 0.6) is 11.5 Å². The fraction of sp³-hybridized carbons (Fsp3) is 0.120. The van der Waals surface area contributed by atoms with Gasteiger partial charge in [0.1, 0.15) is 29.7 Å². The van der Waals surface area contributed by atoms with Gasteiger partial charge in [-0.05, 0) is 48.9 Å². The number of hydrogen-bond acceptors (Lipinski definition) is 4. The molecule has 0 heterocycles. The average Bonchev–Trinajstić information content (AvgIpc) is 2.77. The Hall–Kier alpha value is -3.75. The fourth-order valence-corrected chi connectivity index (χ4v) is 3.07. The minimum atomic E-state index is -0.499. The van der Waals surface area contributed by atoms with E-state index < -0.39 is 5.91 Å². The molecule has 0 bridgehead atoms. The van der Waals surface area contributed by atoms with E-state index in [9.17, 15) is 10.1 Å². The van der Waals surface area contributed by atoms with Crippen molar-refractivity contribution in [2.75, 3.05) is 12.4 Å². The van der Waals surface area contributed by atoms with Crippen LogP contribution in [-0.4, -0.2) is 13.0 Å². The summed E-state index contributed by atoms with van der Waals surface area (Å²) in [6.07, 6.45) is 1.49. The number of benzene rings is 3. The van der Waals surface area contributed by atoms with E-state index in [0.717, 1.165) is 11.1 Å². The van der Waals surface area contributed by atoms with Gasteiger partial charge in [0.05, 0.1) is 7.11 Å². The van der Waals surface area contributed by atoms with E-state index in [-0.39, 0.29) is 12.2 Å². The van der Waals surface area contributed by atoms with Crippen molar-refractivity contribution in [2.45, 2.75) is 13.5 Å². The molecule has 0 radical (unpaired) electrons. The molecule has 0 aromatic heterocycles. The van der Waals surface area contributed by atoms with Crippen molar-refractivity contribution >= 4 is 29.3 Å². The number of amides is 1. The maximum absolute atomic E-state index is 12.6. The van der Waals surface area contributed by atoms with Crippen LogP contribution in [-0.2, 0) is 11.4 Å². The monoisotopic (exact) mass is 432 g/mol. The normalized spacial score (nSPS) is 10.8. The highest BCUT2D eigenvalue weighted by atomic mass is 35.5. The fourth-order valence-electron chi connectivity index (χ4n) is 2.88. The van der Waals surface area contributed by atoms with E-state index in [0.29, 0.717) is 27.8 Å². The maximum atomic E-state index is 12.6. The van der Waals surface area contributed by atoms with Gasteiger partial charge in [-0.2, -0.15) is 5.26 Å². The molecule has 3 aromatic rings. The smallest absolute Gasteiger partial charge is 0.266 e. The summed E-state index contributed by atoms with van der Waals surface area (Å²) in [5.74, 6) is 0.561. The van der Waals surface area contributed by atoms with Gasteiger partial charge in [0.25, 0.3) is 5.91 Å². The molecule has 0 unspecified atom stereocenters. The van der Waals surface area contributed by atoms with E-state index in [1.165, 1.54) is 6.08 Å². The van der Waals surface area contributed by atoms with Gasteiger partial charge in [0.15, 0.2) is 0 Å². The summed E-state index contributed by atoms with van der Waals surface area (Å²) in [5.41, 5.74) is 2.97. The lowest BCUT2D eigenvalue weighted by Gasteiger charge is -2.12. The standard InChI is InChI=1S/C25H21ClN2O3/c1-17-6-5-8-21(12-17)28-25(29)20(15-27)13-18-10-11-22(30-2)14-24(18)31-16-19-7-3-4-9-23(19)26/h3-14H,16H2,1-2H3,(H,28,29)/b20-13+. The minimum Gasteiger partial charge on any atom is -0.497 e. The molecule has 0 spiro atoms. The van der Waals surface area contributed by atoms with Crippen molar-refractivity contribution in [2.24, 2.45) is 0 Å². The molecule has 0 atom stereocenters. The van der Waals surface area contributed by atoms with Crippen molar-refractivity contribution in [1.29, 1.82) is 5.26 Å². The van der Waals surface area contributed by atoms with Gasteiger partial charge >= 0.3 is 0 Å². The molecule has 0 aliphatic heterocycles. The van der Waals surface area contributed by atoms with E-state index in [4.69, 9.17) is 21.1 Å². The minimum absolute atomic E-state index is 0.0470. The first-order valence-electron chi connectivity index (χ1n) is 9.54. The van der Waals surface area contributed by atoms with Gasteiger partial charge in [0, 0.05) is 27.9 Å². The molecular formula is C25H21ClN2O3. The molecule has 0 saturated heterocycles. The van der Waals surface area contributed by atoms with Crippen molar-refractivity contribution in [3.8, 4) is 17.6 Å². The number of hydrogen-bond donors (Lipinski definition) is 1. The quantitative estimate of drug-likeness (QED) is 0.379. The molecule has 0 fully saturated rings. The third-order valence-electron chi connectivity index (χ3n) is 4.50. The third-order valence-corrected chi connectivity index (χ3v) is 4.87. The number of nitriles is 1. The predicted molar refractivity (Wildman–Crippen MR) is 122 cm³/mol. The molecule has 1 N–H and O–H groups in total. The van der Waals surface area contributed by atoms with Crippen LogP contribution in [0.3, 0.4) is 0 Å².